The molecule has 0 aliphatic carbocycles. The lowest BCUT2D eigenvalue weighted by molar-refractivity contribution is 0.102. The number of nitrogens with zero attached hydrogens (tertiary/aromatic N) is 2. The number of hydrogen-bond donors (Lipinski definition) is 1. The summed E-state index contributed by atoms with van der Waals surface area (Å²) in [5.41, 5.74) is 4.28. The van der Waals surface area contributed by atoms with Crippen LogP contribution in [-0.4, -0.2) is 15.3 Å². The van der Waals surface area contributed by atoms with Gasteiger partial charge < -0.3 is 9.72 Å². The van der Waals surface area contributed by atoms with E-state index in [0.717, 1.165) is 22.5 Å². The minimum absolute atomic E-state index is 0.0149. The molecule has 0 aliphatic heterocycles. The number of fused-ring (bicyclic) bond motifs is 1. The van der Waals surface area contributed by atoms with Crippen molar-refractivity contribution in [3.05, 3.63) is 90.0 Å². The van der Waals surface area contributed by atoms with Crippen molar-refractivity contribution < 1.29 is 9.18 Å². The first kappa shape index (κ1) is 16.0. The summed E-state index contributed by atoms with van der Waals surface area (Å²) < 4.78 is 15.7. The number of anilines is 1. The summed E-state index contributed by atoms with van der Waals surface area (Å²) in [6.45, 7) is 2.02. The second-order valence-electron chi connectivity index (χ2n) is 6.11. The first-order valence-electron chi connectivity index (χ1n) is 8.22. The number of carbonyl (C=O) groups is 1. The van der Waals surface area contributed by atoms with E-state index in [1.54, 1.807) is 18.2 Å². The first-order valence-corrected chi connectivity index (χ1v) is 8.22. The third kappa shape index (κ3) is 3.07. The molecule has 2 aromatic carbocycles. The van der Waals surface area contributed by atoms with Crippen molar-refractivity contribution in [3.8, 4) is 11.3 Å². The SMILES string of the molecule is Cc1ccn2cc(-c3cccc(NC(=O)c4ccccc4F)c3)nc2c1. The third-order valence-corrected chi connectivity index (χ3v) is 4.15. The van der Waals surface area contributed by atoms with E-state index in [1.165, 1.54) is 12.1 Å². The second-order valence-corrected chi connectivity index (χ2v) is 6.11. The average molecular weight is 345 g/mol. The van der Waals surface area contributed by atoms with Crippen LogP contribution in [-0.2, 0) is 0 Å². The van der Waals surface area contributed by atoms with Crippen LogP contribution in [0.2, 0.25) is 0 Å². The van der Waals surface area contributed by atoms with Gasteiger partial charge in [-0.3, -0.25) is 4.79 Å². The van der Waals surface area contributed by atoms with Crippen LogP contribution >= 0.6 is 0 Å². The van der Waals surface area contributed by atoms with Crippen molar-refractivity contribution in [1.82, 2.24) is 9.38 Å². The van der Waals surface area contributed by atoms with E-state index in [1.807, 2.05) is 54.0 Å². The summed E-state index contributed by atoms with van der Waals surface area (Å²) in [4.78, 5) is 16.9. The number of nitrogens with one attached hydrogen (secondary N) is 1. The predicted octanol–water partition coefficient (Wildman–Crippen LogP) is 4.70. The highest BCUT2D eigenvalue weighted by atomic mass is 19.1. The molecule has 0 saturated carbocycles. The Bertz CT molecular complexity index is 1120. The molecule has 4 rings (SSSR count). The van der Waals surface area contributed by atoms with Crippen LogP contribution in [0.1, 0.15) is 15.9 Å². The standard InChI is InChI=1S/C21H16FN3O/c1-14-9-10-25-13-19(24-20(25)11-14)15-5-4-6-16(12-15)23-21(26)17-7-2-3-8-18(17)22/h2-13H,1H3,(H,23,26). The summed E-state index contributed by atoms with van der Waals surface area (Å²) >= 11 is 0. The van der Waals surface area contributed by atoms with Crippen LogP contribution in [0.25, 0.3) is 16.9 Å². The minimum Gasteiger partial charge on any atom is -0.322 e. The van der Waals surface area contributed by atoms with Gasteiger partial charge in [0.1, 0.15) is 11.5 Å². The zero-order valence-corrected chi connectivity index (χ0v) is 14.1. The van der Waals surface area contributed by atoms with Gasteiger partial charge in [-0.05, 0) is 48.9 Å². The largest absolute Gasteiger partial charge is 0.322 e. The maximum atomic E-state index is 13.8. The zero-order valence-electron chi connectivity index (χ0n) is 14.1. The summed E-state index contributed by atoms with van der Waals surface area (Å²) in [5, 5.41) is 2.74. The maximum Gasteiger partial charge on any atom is 0.258 e. The number of carbonyl (C=O) groups excluding carboxylic acids is 1. The fourth-order valence-corrected chi connectivity index (χ4v) is 2.82. The van der Waals surface area contributed by atoms with Crippen molar-refractivity contribution in [3.63, 3.8) is 0 Å². The maximum absolute atomic E-state index is 13.8. The van der Waals surface area contributed by atoms with Crippen LogP contribution in [0.15, 0.2) is 73.1 Å². The molecule has 2 heterocycles. The van der Waals surface area contributed by atoms with Gasteiger partial charge in [0.2, 0.25) is 0 Å². The molecule has 0 fully saturated rings. The fraction of sp³-hybridized carbons (Fsp3) is 0.0476. The van der Waals surface area contributed by atoms with Gasteiger partial charge in [0, 0.05) is 23.6 Å². The predicted molar refractivity (Wildman–Crippen MR) is 99.7 cm³/mol. The van der Waals surface area contributed by atoms with Crippen molar-refractivity contribution in [2.75, 3.05) is 5.32 Å². The van der Waals surface area contributed by atoms with Crippen LogP contribution in [0, 0.1) is 12.7 Å². The summed E-state index contributed by atoms with van der Waals surface area (Å²) in [5.74, 6) is -1.03. The molecule has 0 spiro atoms. The lowest BCUT2D eigenvalue weighted by Crippen LogP contribution is -2.13. The molecule has 4 nitrogen and oxygen atoms in total. The highest BCUT2D eigenvalue weighted by molar-refractivity contribution is 6.04. The van der Waals surface area contributed by atoms with Gasteiger partial charge in [-0.25, -0.2) is 9.37 Å². The minimum atomic E-state index is -0.545. The molecule has 2 aromatic heterocycles. The van der Waals surface area contributed by atoms with E-state index in [9.17, 15) is 9.18 Å². The molecule has 0 aliphatic rings. The van der Waals surface area contributed by atoms with Crippen LogP contribution in [0.4, 0.5) is 10.1 Å². The normalized spacial score (nSPS) is 10.8. The van der Waals surface area contributed by atoms with E-state index in [2.05, 4.69) is 10.3 Å². The van der Waals surface area contributed by atoms with Gasteiger partial charge >= 0.3 is 0 Å². The monoisotopic (exact) mass is 345 g/mol. The Hall–Kier alpha value is -3.47. The Morgan fingerprint density at radius 3 is 2.77 bits per heavy atom. The summed E-state index contributed by atoms with van der Waals surface area (Å²) in [6.07, 6.45) is 3.90. The van der Waals surface area contributed by atoms with Crippen LogP contribution in [0.5, 0.6) is 0 Å². The van der Waals surface area contributed by atoms with Gasteiger partial charge in [-0.1, -0.05) is 24.3 Å². The number of aromatic nitrogens is 2. The van der Waals surface area contributed by atoms with E-state index >= 15 is 0 Å². The van der Waals surface area contributed by atoms with Gasteiger partial charge in [-0.15, -0.1) is 0 Å². The molecule has 0 unspecified atom stereocenters. The van der Waals surface area contributed by atoms with Crippen molar-refractivity contribution >= 4 is 17.2 Å². The molecule has 5 heteroatoms. The van der Waals surface area contributed by atoms with E-state index in [-0.39, 0.29) is 5.56 Å². The quantitative estimate of drug-likeness (QED) is 0.585. The topological polar surface area (TPSA) is 46.4 Å². The fourth-order valence-electron chi connectivity index (χ4n) is 2.82. The smallest absolute Gasteiger partial charge is 0.258 e. The average Bonchev–Trinajstić information content (AvgIpc) is 3.05. The van der Waals surface area contributed by atoms with Crippen LogP contribution < -0.4 is 5.32 Å². The molecule has 26 heavy (non-hydrogen) atoms. The highest BCUT2D eigenvalue weighted by Gasteiger charge is 2.12. The number of imidazole rings is 1. The zero-order chi connectivity index (χ0) is 18.1. The molecular formula is C21H16FN3O. The van der Waals surface area contributed by atoms with Gasteiger partial charge in [-0.2, -0.15) is 0 Å². The lowest BCUT2D eigenvalue weighted by atomic mass is 10.1. The van der Waals surface area contributed by atoms with E-state index in [4.69, 9.17) is 0 Å². The lowest BCUT2D eigenvalue weighted by Gasteiger charge is -2.07. The molecule has 1 N–H and O–H groups in total. The van der Waals surface area contributed by atoms with Crippen molar-refractivity contribution in [2.45, 2.75) is 6.92 Å². The molecule has 0 radical (unpaired) electrons. The van der Waals surface area contributed by atoms with Crippen molar-refractivity contribution in [2.24, 2.45) is 0 Å². The van der Waals surface area contributed by atoms with Crippen molar-refractivity contribution in [1.29, 1.82) is 0 Å². The third-order valence-electron chi connectivity index (χ3n) is 4.15. The Morgan fingerprint density at radius 1 is 1.08 bits per heavy atom. The number of amides is 1. The Balaban J connectivity index is 1.64. The molecule has 1 amide bonds. The van der Waals surface area contributed by atoms with Gasteiger partial charge in [0.05, 0.1) is 11.3 Å². The Morgan fingerprint density at radius 2 is 1.92 bits per heavy atom. The first-order chi connectivity index (χ1) is 12.6. The summed E-state index contributed by atoms with van der Waals surface area (Å²) in [6, 6.07) is 17.3. The molecule has 0 bridgehead atoms. The number of pyridine rings is 1. The van der Waals surface area contributed by atoms with E-state index in [0.29, 0.717) is 5.69 Å². The number of benzene rings is 2. The number of halogens is 1. The molecule has 128 valence electrons. The number of rotatable bonds is 3. The second kappa shape index (κ2) is 6.44. The molecular weight excluding hydrogens is 329 g/mol. The molecule has 0 saturated heterocycles. The number of hydrogen-bond acceptors (Lipinski definition) is 2. The molecule has 0 atom stereocenters. The van der Waals surface area contributed by atoms with Gasteiger partial charge in [0.15, 0.2) is 0 Å². The van der Waals surface area contributed by atoms with Gasteiger partial charge in [0.25, 0.3) is 5.91 Å². The Kier molecular flexibility index (Phi) is 3.97. The number of aryl methyl sites for hydroxylation is 1. The molecule has 4 aromatic rings. The Labute approximate surface area is 149 Å². The highest BCUT2D eigenvalue weighted by Crippen LogP contribution is 2.23. The van der Waals surface area contributed by atoms with E-state index < -0.39 is 11.7 Å². The summed E-state index contributed by atoms with van der Waals surface area (Å²) in [7, 11) is 0. The van der Waals surface area contributed by atoms with Crippen LogP contribution in [0.3, 0.4) is 0 Å².